The van der Waals surface area contributed by atoms with Crippen molar-refractivity contribution < 1.29 is 0 Å². The van der Waals surface area contributed by atoms with E-state index in [2.05, 4.69) is 23.5 Å². The molecule has 1 saturated carbocycles. The second-order valence-electron chi connectivity index (χ2n) is 5.19. The zero-order valence-electron chi connectivity index (χ0n) is 9.51. The van der Waals surface area contributed by atoms with Crippen LogP contribution in [0.3, 0.4) is 0 Å². The third-order valence-electron chi connectivity index (χ3n) is 3.77. The van der Waals surface area contributed by atoms with Crippen molar-refractivity contribution in [2.24, 2.45) is 5.92 Å². The van der Waals surface area contributed by atoms with Gasteiger partial charge in [0.2, 0.25) is 0 Å². The molecule has 1 aromatic rings. The standard InChI is InChI=1S/C14H18ClN/c15-14-8-10(7-11-5-6-16-9-11)1-4-13(14)12-2-3-12/h1,4,8,11-12,16H,2-3,5-7,9H2. The van der Waals surface area contributed by atoms with Crippen LogP contribution < -0.4 is 5.32 Å². The normalized spacial score (nSPS) is 24.9. The van der Waals surface area contributed by atoms with E-state index in [4.69, 9.17) is 11.6 Å². The predicted molar refractivity (Wildman–Crippen MR) is 68.1 cm³/mol. The first kappa shape index (κ1) is 10.6. The SMILES string of the molecule is Clc1cc(CC2CCNC2)ccc1C1CC1. The Bertz CT molecular complexity index is 378. The van der Waals surface area contributed by atoms with Gasteiger partial charge in [-0.15, -0.1) is 0 Å². The van der Waals surface area contributed by atoms with Crippen molar-refractivity contribution in [1.82, 2.24) is 5.32 Å². The molecule has 1 saturated heterocycles. The Morgan fingerprint density at radius 2 is 2.12 bits per heavy atom. The quantitative estimate of drug-likeness (QED) is 0.847. The highest BCUT2D eigenvalue weighted by Gasteiger charge is 2.25. The van der Waals surface area contributed by atoms with E-state index in [-0.39, 0.29) is 0 Å². The summed E-state index contributed by atoms with van der Waals surface area (Å²) in [7, 11) is 0. The van der Waals surface area contributed by atoms with Gasteiger partial charge in [0.1, 0.15) is 0 Å². The Labute approximate surface area is 102 Å². The largest absolute Gasteiger partial charge is 0.316 e. The molecule has 1 heterocycles. The van der Waals surface area contributed by atoms with Gasteiger partial charge in [-0.1, -0.05) is 23.7 Å². The lowest BCUT2D eigenvalue weighted by Gasteiger charge is -2.10. The Balaban J connectivity index is 1.72. The minimum atomic E-state index is 0.759. The topological polar surface area (TPSA) is 12.0 Å². The molecule has 1 unspecified atom stereocenters. The van der Waals surface area contributed by atoms with E-state index in [0.29, 0.717) is 0 Å². The summed E-state index contributed by atoms with van der Waals surface area (Å²) in [6, 6.07) is 6.71. The van der Waals surface area contributed by atoms with Gasteiger partial charge in [-0.2, -0.15) is 0 Å². The van der Waals surface area contributed by atoms with Gasteiger partial charge in [-0.3, -0.25) is 0 Å². The van der Waals surface area contributed by atoms with E-state index in [0.717, 1.165) is 16.9 Å². The number of nitrogens with one attached hydrogen (secondary N) is 1. The number of halogens is 1. The van der Waals surface area contributed by atoms with E-state index >= 15 is 0 Å². The Kier molecular flexibility index (Phi) is 2.91. The van der Waals surface area contributed by atoms with Crippen LogP contribution in [0.1, 0.15) is 36.3 Å². The molecule has 0 spiro atoms. The second-order valence-corrected chi connectivity index (χ2v) is 5.60. The van der Waals surface area contributed by atoms with Crippen LogP contribution in [0.5, 0.6) is 0 Å². The maximum atomic E-state index is 6.33. The summed E-state index contributed by atoms with van der Waals surface area (Å²) in [6.45, 7) is 2.35. The molecule has 2 heteroatoms. The Hall–Kier alpha value is -0.530. The van der Waals surface area contributed by atoms with E-state index in [1.807, 2.05) is 0 Å². The highest BCUT2D eigenvalue weighted by atomic mass is 35.5. The minimum Gasteiger partial charge on any atom is -0.316 e. The van der Waals surface area contributed by atoms with Gasteiger partial charge in [-0.25, -0.2) is 0 Å². The lowest BCUT2D eigenvalue weighted by Crippen LogP contribution is -2.10. The Morgan fingerprint density at radius 3 is 2.75 bits per heavy atom. The summed E-state index contributed by atoms with van der Waals surface area (Å²) >= 11 is 6.33. The fourth-order valence-electron chi connectivity index (χ4n) is 2.65. The van der Waals surface area contributed by atoms with E-state index in [1.165, 1.54) is 49.9 Å². The van der Waals surface area contributed by atoms with Gasteiger partial charge >= 0.3 is 0 Å². The summed E-state index contributed by atoms with van der Waals surface area (Å²) in [5.74, 6) is 1.57. The van der Waals surface area contributed by atoms with Gasteiger partial charge < -0.3 is 5.32 Å². The molecule has 2 aliphatic rings. The smallest absolute Gasteiger partial charge is 0.0443 e. The summed E-state index contributed by atoms with van der Waals surface area (Å²) in [6.07, 6.45) is 5.14. The lowest BCUT2D eigenvalue weighted by molar-refractivity contribution is 0.580. The van der Waals surface area contributed by atoms with Crippen molar-refractivity contribution in [3.05, 3.63) is 34.3 Å². The van der Waals surface area contributed by atoms with Crippen LogP contribution in [-0.2, 0) is 6.42 Å². The average molecular weight is 236 g/mol. The molecule has 1 nitrogen and oxygen atoms in total. The van der Waals surface area contributed by atoms with Crippen molar-refractivity contribution in [2.45, 2.75) is 31.6 Å². The first-order valence-corrected chi connectivity index (χ1v) is 6.70. The van der Waals surface area contributed by atoms with Gasteiger partial charge in [-0.05, 0) is 67.8 Å². The van der Waals surface area contributed by atoms with Gasteiger partial charge in [0.25, 0.3) is 0 Å². The molecule has 0 bridgehead atoms. The van der Waals surface area contributed by atoms with Crippen LogP contribution in [0.15, 0.2) is 18.2 Å². The van der Waals surface area contributed by atoms with Crippen molar-refractivity contribution in [2.75, 3.05) is 13.1 Å². The van der Waals surface area contributed by atoms with Crippen LogP contribution in [0.25, 0.3) is 0 Å². The molecule has 1 atom stereocenters. The third-order valence-corrected chi connectivity index (χ3v) is 4.10. The third kappa shape index (κ3) is 2.26. The fourth-order valence-corrected chi connectivity index (χ4v) is 3.00. The molecule has 1 aliphatic carbocycles. The summed E-state index contributed by atoms with van der Waals surface area (Å²) < 4.78 is 0. The second kappa shape index (κ2) is 4.38. The molecule has 86 valence electrons. The molecule has 2 fully saturated rings. The monoisotopic (exact) mass is 235 g/mol. The number of hydrogen-bond acceptors (Lipinski definition) is 1. The van der Waals surface area contributed by atoms with Gasteiger partial charge in [0.15, 0.2) is 0 Å². The molecule has 1 N–H and O–H groups in total. The predicted octanol–water partition coefficient (Wildman–Crippen LogP) is 3.37. The molecular formula is C14H18ClN. The van der Waals surface area contributed by atoms with E-state index in [1.54, 1.807) is 0 Å². The molecule has 0 radical (unpaired) electrons. The van der Waals surface area contributed by atoms with Crippen LogP contribution in [-0.4, -0.2) is 13.1 Å². The maximum Gasteiger partial charge on any atom is 0.0443 e. The lowest BCUT2D eigenvalue weighted by atomic mass is 9.97. The zero-order chi connectivity index (χ0) is 11.0. The van der Waals surface area contributed by atoms with Crippen LogP contribution >= 0.6 is 11.6 Å². The molecule has 16 heavy (non-hydrogen) atoms. The Morgan fingerprint density at radius 1 is 1.25 bits per heavy atom. The molecule has 1 aromatic carbocycles. The molecule has 1 aliphatic heterocycles. The summed E-state index contributed by atoms with van der Waals surface area (Å²) in [5.41, 5.74) is 2.78. The van der Waals surface area contributed by atoms with Crippen molar-refractivity contribution in [3.8, 4) is 0 Å². The van der Waals surface area contributed by atoms with Crippen LogP contribution in [0.4, 0.5) is 0 Å². The molecular weight excluding hydrogens is 218 g/mol. The van der Waals surface area contributed by atoms with E-state index < -0.39 is 0 Å². The van der Waals surface area contributed by atoms with Crippen molar-refractivity contribution >= 4 is 11.6 Å². The minimum absolute atomic E-state index is 0.759. The average Bonchev–Trinajstić information content (AvgIpc) is 2.97. The highest BCUT2D eigenvalue weighted by molar-refractivity contribution is 6.31. The fraction of sp³-hybridized carbons (Fsp3) is 0.571. The first-order chi connectivity index (χ1) is 7.83. The first-order valence-electron chi connectivity index (χ1n) is 6.32. The maximum absolute atomic E-state index is 6.33. The molecule has 3 rings (SSSR count). The van der Waals surface area contributed by atoms with Gasteiger partial charge in [0, 0.05) is 5.02 Å². The zero-order valence-corrected chi connectivity index (χ0v) is 10.3. The number of hydrogen-bond donors (Lipinski definition) is 1. The summed E-state index contributed by atoms with van der Waals surface area (Å²) in [5, 5.41) is 4.41. The molecule has 0 amide bonds. The van der Waals surface area contributed by atoms with Crippen molar-refractivity contribution in [3.63, 3.8) is 0 Å². The highest BCUT2D eigenvalue weighted by Crippen LogP contribution is 2.43. The van der Waals surface area contributed by atoms with Crippen molar-refractivity contribution in [1.29, 1.82) is 0 Å². The summed E-state index contributed by atoms with van der Waals surface area (Å²) in [4.78, 5) is 0. The number of benzene rings is 1. The van der Waals surface area contributed by atoms with Gasteiger partial charge in [0.05, 0.1) is 0 Å². The number of rotatable bonds is 3. The van der Waals surface area contributed by atoms with E-state index in [9.17, 15) is 0 Å². The molecule has 0 aromatic heterocycles. The van der Waals surface area contributed by atoms with Crippen LogP contribution in [0.2, 0.25) is 5.02 Å². The van der Waals surface area contributed by atoms with Crippen LogP contribution in [0, 0.1) is 5.92 Å².